The van der Waals surface area contributed by atoms with Gasteiger partial charge in [0, 0.05) is 22.1 Å². The van der Waals surface area contributed by atoms with E-state index < -0.39 is 0 Å². The lowest BCUT2D eigenvalue weighted by Gasteiger charge is -2.09. The normalized spacial score (nSPS) is 11.1. The number of allylic oxidation sites excluding steroid dienone is 1. The monoisotopic (exact) mass is 422 g/mol. The summed E-state index contributed by atoms with van der Waals surface area (Å²) in [6, 6.07) is 0. The van der Waals surface area contributed by atoms with Gasteiger partial charge in [-0.1, -0.05) is 70.6 Å². The Hall–Kier alpha value is 1.18. The molecule has 0 spiro atoms. The number of unbranched alkanes of at least 4 members (excludes halogenated alkanes) is 1. The molecule has 0 saturated heterocycles. The van der Waals surface area contributed by atoms with E-state index in [9.17, 15) is 0 Å². The predicted molar refractivity (Wildman–Crippen MR) is 79.5 cm³/mol. The van der Waals surface area contributed by atoms with Crippen LogP contribution in [0.3, 0.4) is 0 Å². The lowest BCUT2D eigenvalue weighted by molar-refractivity contribution is 0.229. The minimum absolute atomic E-state index is 0.147. The van der Waals surface area contributed by atoms with Gasteiger partial charge in [0.25, 0.3) is 0 Å². The van der Waals surface area contributed by atoms with E-state index >= 15 is 0 Å². The first-order valence-electron chi connectivity index (χ1n) is 4.87. The highest BCUT2D eigenvalue weighted by Crippen LogP contribution is 1.98. The Morgan fingerprint density at radius 2 is 1.71 bits per heavy atom. The maximum Gasteiger partial charge on any atom is 0.485 e. The van der Waals surface area contributed by atoms with Crippen molar-refractivity contribution in [2.45, 2.75) is 19.8 Å². The Morgan fingerprint density at radius 1 is 1.14 bits per heavy atom. The van der Waals surface area contributed by atoms with Gasteiger partial charge in [-0.05, 0) is 6.42 Å². The molecule has 0 aromatic rings. The second kappa shape index (κ2) is 12.3. The van der Waals surface area contributed by atoms with Crippen molar-refractivity contribution in [3.8, 4) is 0 Å². The van der Waals surface area contributed by atoms with E-state index in [4.69, 9.17) is 9.31 Å². The summed E-state index contributed by atoms with van der Waals surface area (Å²) in [4.78, 5) is 0. The fourth-order valence-corrected chi connectivity index (χ4v) is 1.36. The summed E-state index contributed by atoms with van der Waals surface area (Å²) in [7, 11) is -0.147. The molecule has 0 rings (SSSR count). The van der Waals surface area contributed by atoms with Gasteiger partial charge in [0.1, 0.15) is 0 Å². The molecule has 2 nitrogen and oxygen atoms in total. The summed E-state index contributed by atoms with van der Waals surface area (Å²) in [5.41, 5.74) is 0. The van der Waals surface area contributed by atoms with Crippen LogP contribution >= 0.6 is 45.2 Å². The molecule has 0 aliphatic rings. The quantitative estimate of drug-likeness (QED) is 0.323. The third-order valence-electron chi connectivity index (χ3n) is 1.47. The molecule has 0 unspecified atom stereocenters. The van der Waals surface area contributed by atoms with E-state index in [1.54, 1.807) is 0 Å². The van der Waals surface area contributed by atoms with Gasteiger partial charge < -0.3 is 9.31 Å². The molecule has 0 aromatic carbocycles. The van der Waals surface area contributed by atoms with Gasteiger partial charge in [-0.3, -0.25) is 0 Å². The van der Waals surface area contributed by atoms with Crippen molar-refractivity contribution >= 4 is 52.3 Å². The summed E-state index contributed by atoms with van der Waals surface area (Å²) in [5, 5.41) is 0. The molecule has 5 heteroatoms. The zero-order valence-electron chi connectivity index (χ0n) is 8.55. The Kier molecular flexibility index (Phi) is 13.3. The third-order valence-corrected chi connectivity index (χ3v) is 2.35. The number of rotatable bonds is 9. The van der Waals surface area contributed by atoms with Crippen LogP contribution in [0, 0.1) is 0 Å². The maximum absolute atomic E-state index is 5.52. The smallest absolute Gasteiger partial charge is 0.407 e. The molecule has 82 valence electrons. The molecule has 0 amide bonds. The van der Waals surface area contributed by atoms with Gasteiger partial charge in [0.05, 0.1) is 0 Å². The predicted octanol–water partition coefficient (Wildman–Crippen LogP) is 3.27. The summed E-state index contributed by atoms with van der Waals surface area (Å²) in [5.74, 6) is 2.02. The average molecular weight is 422 g/mol. The van der Waals surface area contributed by atoms with E-state index in [1.807, 2.05) is 5.98 Å². The molecule has 0 aliphatic carbocycles. The van der Waals surface area contributed by atoms with Gasteiger partial charge in [0.2, 0.25) is 0 Å². The molecular formula is C9H17BI2O2. The van der Waals surface area contributed by atoms with E-state index in [1.165, 1.54) is 6.42 Å². The zero-order valence-corrected chi connectivity index (χ0v) is 12.9. The second-order valence-corrected chi connectivity index (χ2v) is 4.86. The van der Waals surface area contributed by atoms with Crippen molar-refractivity contribution in [2.24, 2.45) is 0 Å². The van der Waals surface area contributed by atoms with Crippen molar-refractivity contribution in [1.82, 2.24) is 0 Å². The van der Waals surface area contributed by atoms with Crippen LogP contribution in [0.1, 0.15) is 19.8 Å². The Labute approximate surface area is 115 Å². The summed E-state index contributed by atoms with van der Waals surface area (Å²) >= 11 is 4.59. The first-order chi connectivity index (χ1) is 6.85. The number of alkyl halides is 2. The fraction of sp³-hybridized carbons (Fsp3) is 0.778. The van der Waals surface area contributed by atoms with Crippen molar-refractivity contribution in [2.75, 3.05) is 22.1 Å². The maximum atomic E-state index is 5.52. The number of halogens is 2. The van der Waals surface area contributed by atoms with E-state index in [-0.39, 0.29) is 7.12 Å². The van der Waals surface area contributed by atoms with E-state index in [2.05, 4.69) is 58.2 Å². The molecule has 0 fully saturated rings. The fourth-order valence-electron chi connectivity index (χ4n) is 0.855. The molecule has 0 aromatic heterocycles. The van der Waals surface area contributed by atoms with Crippen LogP contribution < -0.4 is 0 Å². The van der Waals surface area contributed by atoms with Gasteiger partial charge >= 0.3 is 7.12 Å². The second-order valence-electron chi connectivity index (χ2n) is 2.70. The standard InChI is InChI=1S/C9H17BI2O2/c1-2-3-4-5-10(13-8-6-11)14-9-7-12/h4-5H,2-3,6-9H2,1H3/b5-4+. The van der Waals surface area contributed by atoms with Crippen LogP contribution in [0.4, 0.5) is 0 Å². The van der Waals surface area contributed by atoms with Crippen LogP contribution in [0.25, 0.3) is 0 Å². The topological polar surface area (TPSA) is 18.5 Å². The van der Waals surface area contributed by atoms with Crippen LogP contribution in [0.15, 0.2) is 12.1 Å². The average Bonchev–Trinajstić information content (AvgIpc) is 2.21. The number of hydrogen-bond acceptors (Lipinski definition) is 2. The van der Waals surface area contributed by atoms with Gasteiger partial charge in [-0.15, -0.1) is 0 Å². The molecule has 14 heavy (non-hydrogen) atoms. The summed E-state index contributed by atoms with van der Waals surface area (Å²) < 4.78 is 13.0. The van der Waals surface area contributed by atoms with E-state index in [0.717, 1.165) is 28.5 Å². The Bertz CT molecular complexity index is 137. The highest BCUT2D eigenvalue weighted by atomic mass is 127. The van der Waals surface area contributed by atoms with Crippen LogP contribution in [0.5, 0.6) is 0 Å². The SMILES string of the molecule is CCC/C=C/B(OCCI)OCCI. The molecule has 0 N–H and O–H groups in total. The van der Waals surface area contributed by atoms with Gasteiger partial charge in [-0.2, -0.15) is 0 Å². The van der Waals surface area contributed by atoms with Crippen LogP contribution in [-0.2, 0) is 9.31 Å². The summed E-state index contributed by atoms with van der Waals surface area (Å²) in [6.45, 7) is 3.67. The van der Waals surface area contributed by atoms with Crippen molar-refractivity contribution in [1.29, 1.82) is 0 Å². The minimum Gasteiger partial charge on any atom is -0.407 e. The third kappa shape index (κ3) is 9.73. The van der Waals surface area contributed by atoms with Gasteiger partial charge in [0.15, 0.2) is 0 Å². The van der Waals surface area contributed by atoms with E-state index in [0.29, 0.717) is 0 Å². The van der Waals surface area contributed by atoms with Crippen molar-refractivity contribution in [3.05, 3.63) is 12.1 Å². The van der Waals surface area contributed by atoms with Crippen molar-refractivity contribution < 1.29 is 9.31 Å². The molecule has 0 bridgehead atoms. The Morgan fingerprint density at radius 3 is 2.14 bits per heavy atom. The zero-order chi connectivity index (χ0) is 10.6. The molecule has 0 saturated carbocycles. The molecule has 0 heterocycles. The molecule has 0 atom stereocenters. The van der Waals surface area contributed by atoms with Gasteiger partial charge in [-0.25, -0.2) is 0 Å². The largest absolute Gasteiger partial charge is 0.485 e. The first-order valence-corrected chi connectivity index (χ1v) is 7.92. The molecular weight excluding hydrogens is 405 g/mol. The Balaban J connectivity index is 3.71. The molecule has 0 aliphatic heterocycles. The van der Waals surface area contributed by atoms with Crippen LogP contribution in [0.2, 0.25) is 0 Å². The minimum atomic E-state index is -0.147. The van der Waals surface area contributed by atoms with Crippen LogP contribution in [-0.4, -0.2) is 29.2 Å². The summed E-state index contributed by atoms with van der Waals surface area (Å²) in [6.07, 6.45) is 4.39. The molecule has 0 radical (unpaired) electrons. The lowest BCUT2D eigenvalue weighted by Crippen LogP contribution is -2.22. The van der Waals surface area contributed by atoms with Crippen molar-refractivity contribution in [3.63, 3.8) is 0 Å². The highest BCUT2D eigenvalue weighted by Gasteiger charge is 2.12. The first kappa shape index (κ1) is 15.2. The lowest BCUT2D eigenvalue weighted by atomic mass is 9.89. The number of hydrogen-bond donors (Lipinski definition) is 0. The highest BCUT2D eigenvalue weighted by molar-refractivity contribution is 14.1.